The Morgan fingerprint density at radius 1 is 1.00 bits per heavy atom. The Balaban J connectivity index is 1.71. The van der Waals surface area contributed by atoms with Gasteiger partial charge in [0.2, 0.25) is 5.89 Å². The summed E-state index contributed by atoms with van der Waals surface area (Å²) in [4.78, 5) is 5.30. The van der Waals surface area contributed by atoms with Gasteiger partial charge in [0, 0.05) is 16.2 Å². The van der Waals surface area contributed by atoms with E-state index in [4.69, 9.17) is 4.42 Å². The molecule has 0 aliphatic carbocycles. The highest BCUT2D eigenvalue weighted by atomic mass is 32.2. The predicted octanol–water partition coefficient (Wildman–Crippen LogP) is 4.34. The first-order valence-corrected chi connectivity index (χ1v) is 7.22. The van der Waals surface area contributed by atoms with Gasteiger partial charge in [-0.3, -0.25) is 0 Å². The van der Waals surface area contributed by atoms with Crippen molar-refractivity contribution < 1.29 is 9.52 Å². The predicted molar refractivity (Wildman–Crippen MR) is 79.6 cm³/mol. The molecule has 1 heterocycles. The fraction of sp³-hybridized carbons (Fsp3) is 0.0625. The number of phenols is 1. The topological polar surface area (TPSA) is 46.3 Å². The summed E-state index contributed by atoms with van der Waals surface area (Å²) >= 11 is 1.54. The molecule has 100 valence electrons. The van der Waals surface area contributed by atoms with Crippen molar-refractivity contribution in [1.29, 1.82) is 0 Å². The number of oxazole rings is 1. The number of thioether (sulfide) groups is 1. The van der Waals surface area contributed by atoms with E-state index in [-0.39, 0.29) is 0 Å². The zero-order valence-electron chi connectivity index (χ0n) is 10.7. The van der Waals surface area contributed by atoms with Crippen molar-refractivity contribution in [2.24, 2.45) is 0 Å². The van der Waals surface area contributed by atoms with E-state index in [2.05, 4.69) is 4.98 Å². The molecule has 1 N–H and O–H groups in total. The number of rotatable bonds is 4. The fourth-order valence-electron chi connectivity index (χ4n) is 1.82. The zero-order valence-corrected chi connectivity index (χ0v) is 11.5. The Kier molecular flexibility index (Phi) is 3.74. The number of aromatic nitrogens is 1. The number of para-hydroxylation sites is 1. The van der Waals surface area contributed by atoms with E-state index in [0.29, 0.717) is 17.4 Å². The van der Waals surface area contributed by atoms with Gasteiger partial charge >= 0.3 is 0 Å². The highest BCUT2D eigenvalue weighted by Gasteiger charge is 2.07. The third kappa shape index (κ3) is 2.86. The monoisotopic (exact) mass is 283 g/mol. The Bertz CT molecular complexity index is 694. The number of aromatic hydroxyl groups is 1. The average molecular weight is 283 g/mol. The molecule has 0 aliphatic heterocycles. The van der Waals surface area contributed by atoms with E-state index < -0.39 is 0 Å². The van der Waals surface area contributed by atoms with Crippen molar-refractivity contribution >= 4 is 11.8 Å². The van der Waals surface area contributed by atoms with E-state index in [1.165, 1.54) is 11.8 Å². The summed E-state index contributed by atoms with van der Waals surface area (Å²) in [5.41, 5.74) is 1.82. The first kappa shape index (κ1) is 12.8. The smallest absolute Gasteiger partial charge is 0.226 e. The van der Waals surface area contributed by atoms with Gasteiger partial charge in [-0.2, -0.15) is 0 Å². The molecule has 0 unspecified atom stereocenters. The highest BCUT2D eigenvalue weighted by Crippen LogP contribution is 2.30. The average Bonchev–Trinajstić information content (AvgIpc) is 2.96. The van der Waals surface area contributed by atoms with Gasteiger partial charge in [0.1, 0.15) is 12.0 Å². The summed E-state index contributed by atoms with van der Waals surface area (Å²) in [7, 11) is 0. The Morgan fingerprint density at radius 2 is 1.75 bits per heavy atom. The van der Waals surface area contributed by atoms with Crippen molar-refractivity contribution in [2.75, 3.05) is 0 Å². The second-order valence-corrected chi connectivity index (χ2v) is 5.28. The van der Waals surface area contributed by atoms with Crippen LogP contribution >= 0.6 is 11.8 Å². The lowest BCUT2D eigenvalue weighted by Gasteiger charge is -2.01. The van der Waals surface area contributed by atoms with E-state index in [1.807, 2.05) is 48.5 Å². The Labute approximate surface area is 121 Å². The van der Waals surface area contributed by atoms with Crippen LogP contribution in [0.15, 0.2) is 70.2 Å². The third-order valence-corrected chi connectivity index (χ3v) is 3.91. The van der Waals surface area contributed by atoms with Crippen LogP contribution in [0.3, 0.4) is 0 Å². The molecule has 4 heteroatoms. The maximum atomic E-state index is 9.71. The summed E-state index contributed by atoms with van der Waals surface area (Å²) in [5, 5.41) is 9.71. The molecule has 0 saturated carbocycles. The molecule has 0 spiro atoms. The van der Waals surface area contributed by atoms with Gasteiger partial charge in [-0.25, -0.2) is 4.98 Å². The minimum Gasteiger partial charge on any atom is -0.507 e. The minimum atomic E-state index is 0.296. The molecule has 20 heavy (non-hydrogen) atoms. The second kappa shape index (κ2) is 5.84. The van der Waals surface area contributed by atoms with Crippen molar-refractivity contribution in [1.82, 2.24) is 4.98 Å². The molecule has 3 aromatic rings. The van der Waals surface area contributed by atoms with Crippen LogP contribution in [0.1, 0.15) is 5.69 Å². The first-order chi connectivity index (χ1) is 9.83. The van der Waals surface area contributed by atoms with Crippen LogP contribution in [0.5, 0.6) is 5.75 Å². The summed E-state index contributed by atoms with van der Waals surface area (Å²) in [5.74, 6) is 1.58. The van der Waals surface area contributed by atoms with Crippen LogP contribution in [0.2, 0.25) is 0 Å². The molecule has 3 rings (SSSR count). The molecule has 0 radical (unpaired) electrons. The fourth-order valence-corrected chi connectivity index (χ4v) is 2.64. The molecule has 0 atom stereocenters. The largest absolute Gasteiger partial charge is 0.507 e. The lowest BCUT2D eigenvalue weighted by molar-refractivity contribution is 0.462. The molecule has 0 amide bonds. The Morgan fingerprint density at radius 3 is 2.55 bits per heavy atom. The standard InChI is InChI=1S/C16H13NO2S/c18-14-8-4-5-9-15(14)20-11-13-10-19-16(17-13)12-6-2-1-3-7-12/h1-10,18H,11H2. The van der Waals surface area contributed by atoms with Gasteiger partial charge in [-0.05, 0) is 24.3 Å². The first-order valence-electron chi connectivity index (χ1n) is 6.23. The van der Waals surface area contributed by atoms with E-state index in [0.717, 1.165) is 16.2 Å². The van der Waals surface area contributed by atoms with E-state index >= 15 is 0 Å². The quantitative estimate of drug-likeness (QED) is 0.723. The molecular weight excluding hydrogens is 270 g/mol. The van der Waals surface area contributed by atoms with Crippen molar-refractivity contribution in [3.05, 3.63) is 66.6 Å². The van der Waals surface area contributed by atoms with Crippen LogP contribution in [-0.4, -0.2) is 10.1 Å². The molecule has 0 saturated heterocycles. The molecule has 0 aliphatic rings. The van der Waals surface area contributed by atoms with E-state index in [9.17, 15) is 5.11 Å². The number of hydrogen-bond acceptors (Lipinski definition) is 4. The second-order valence-electron chi connectivity index (χ2n) is 4.27. The van der Waals surface area contributed by atoms with E-state index in [1.54, 1.807) is 12.3 Å². The van der Waals surface area contributed by atoms with Crippen molar-refractivity contribution in [3.63, 3.8) is 0 Å². The molecule has 0 bridgehead atoms. The van der Waals surface area contributed by atoms with Gasteiger partial charge in [0.15, 0.2) is 0 Å². The SMILES string of the molecule is Oc1ccccc1SCc1coc(-c2ccccc2)n1. The number of phenolic OH excluding ortho intramolecular Hbond substituents is 1. The molecular formula is C16H13NO2S. The normalized spacial score (nSPS) is 10.6. The van der Waals surface area contributed by atoms with Gasteiger partial charge in [-0.15, -0.1) is 11.8 Å². The van der Waals surface area contributed by atoms with Crippen LogP contribution in [-0.2, 0) is 5.75 Å². The molecule has 1 aromatic heterocycles. The number of hydrogen-bond donors (Lipinski definition) is 1. The summed E-state index contributed by atoms with van der Waals surface area (Å²) in [6.07, 6.45) is 1.66. The summed E-state index contributed by atoms with van der Waals surface area (Å²) in [6.45, 7) is 0. The highest BCUT2D eigenvalue weighted by molar-refractivity contribution is 7.98. The van der Waals surface area contributed by atoms with Crippen LogP contribution in [0.25, 0.3) is 11.5 Å². The number of nitrogens with zero attached hydrogens (tertiary/aromatic N) is 1. The molecule has 2 aromatic carbocycles. The molecule has 3 nitrogen and oxygen atoms in total. The Hall–Kier alpha value is -2.20. The van der Waals surface area contributed by atoms with Gasteiger partial charge in [0.25, 0.3) is 0 Å². The van der Waals surface area contributed by atoms with Crippen molar-refractivity contribution in [3.8, 4) is 17.2 Å². The van der Waals surface area contributed by atoms with Gasteiger partial charge in [-0.1, -0.05) is 30.3 Å². The van der Waals surface area contributed by atoms with Crippen LogP contribution < -0.4 is 0 Å². The maximum Gasteiger partial charge on any atom is 0.226 e. The number of benzene rings is 2. The van der Waals surface area contributed by atoms with Gasteiger partial charge in [0.05, 0.1) is 5.69 Å². The summed E-state index contributed by atoms with van der Waals surface area (Å²) < 4.78 is 5.48. The molecule has 0 fully saturated rings. The minimum absolute atomic E-state index is 0.296. The van der Waals surface area contributed by atoms with Gasteiger partial charge < -0.3 is 9.52 Å². The maximum absolute atomic E-state index is 9.71. The lowest BCUT2D eigenvalue weighted by atomic mass is 10.2. The van der Waals surface area contributed by atoms with Crippen LogP contribution in [0, 0.1) is 0 Å². The summed E-state index contributed by atoms with van der Waals surface area (Å²) in [6, 6.07) is 17.1. The van der Waals surface area contributed by atoms with Crippen LogP contribution in [0.4, 0.5) is 0 Å². The zero-order chi connectivity index (χ0) is 13.8. The lowest BCUT2D eigenvalue weighted by Crippen LogP contribution is -1.82. The van der Waals surface area contributed by atoms with Crippen molar-refractivity contribution in [2.45, 2.75) is 10.6 Å². The third-order valence-electron chi connectivity index (χ3n) is 2.81.